The fraction of sp³-hybridized carbons (Fsp3) is 0.414. The molecule has 0 saturated carbocycles. The third kappa shape index (κ3) is 7.51. The topological polar surface area (TPSA) is 48.7 Å². The van der Waals surface area contributed by atoms with Gasteiger partial charge in [0.25, 0.3) is 5.91 Å². The number of nitrogens with zero attached hydrogens (tertiary/aromatic N) is 2. The molecule has 0 spiro atoms. The van der Waals surface area contributed by atoms with E-state index in [4.69, 9.17) is 4.42 Å². The SMILES string of the molecule is CC1CCCCN1CCCNC(=O)c1ccc(CN(Cc2ccccc2)Cc2ccccc2F)o1. The van der Waals surface area contributed by atoms with Crippen molar-refractivity contribution >= 4 is 5.91 Å². The number of hydrogen-bond donors (Lipinski definition) is 1. The van der Waals surface area contributed by atoms with Crippen LogP contribution >= 0.6 is 0 Å². The number of hydrogen-bond acceptors (Lipinski definition) is 4. The minimum atomic E-state index is -0.218. The minimum absolute atomic E-state index is 0.188. The van der Waals surface area contributed by atoms with Crippen LogP contribution in [0.5, 0.6) is 0 Å². The normalized spacial score (nSPS) is 16.5. The van der Waals surface area contributed by atoms with Gasteiger partial charge in [0, 0.05) is 37.8 Å². The van der Waals surface area contributed by atoms with E-state index in [-0.39, 0.29) is 11.7 Å². The van der Waals surface area contributed by atoms with Crippen molar-refractivity contribution in [3.05, 3.63) is 95.2 Å². The summed E-state index contributed by atoms with van der Waals surface area (Å²) in [4.78, 5) is 17.2. The number of benzene rings is 2. The second-order valence-corrected chi connectivity index (χ2v) is 9.48. The van der Waals surface area contributed by atoms with E-state index in [0.29, 0.717) is 49.3 Å². The monoisotopic (exact) mass is 477 g/mol. The largest absolute Gasteiger partial charge is 0.455 e. The van der Waals surface area contributed by atoms with Crippen LogP contribution in [0.4, 0.5) is 4.39 Å². The molecule has 6 heteroatoms. The summed E-state index contributed by atoms with van der Waals surface area (Å²) in [5.41, 5.74) is 1.77. The van der Waals surface area contributed by atoms with Crippen molar-refractivity contribution in [2.24, 2.45) is 0 Å². The lowest BCUT2D eigenvalue weighted by atomic mass is 10.0. The lowest BCUT2D eigenvalue weighted by Gasteiger charge is -2.33. The first-order valence-corrected chi connectivity index (χ1v) is 12.7. The Morgan fingerprint density at radius 1 is 1.03 bits per heavy atom. The first-order chi connectivity index (χ1) is 17.1. The molecule has 3 aromatic rings. The Kier molecular flexibility index (Phi) is 9.09. The third-order valence-electron chi connectivity index (χ3n) is 6.71. The molecule has 1 N–H and O–H groups in total. The summed E-state index contributed by atoms with van der Waals surface area (Å²) in [7, 11) is 0. The molecule has 0 aliphatic carbocycles. The van der Waals surface area contributed by atoms with Crippen LogP contribution in [-0.2, 0) is 19.6 Å². The van der Waals surface area contributed by atoms with E-state index in [2.05, 4.69) is 34.2 Å². The number of furan rings is 1. The highest BCUT2D eigenvalue weighted by Gasteiger charge is 2.18. The van der Waals surface area contributed by atoms with Crippen LogP contribution in [0.25, 0.3) is 0 Å². The Balaban J connectivity index is 1.32. The average molecular weight is 478 g/mol. The smallest absolute Gasteiger partial charge is 0.286 e. The second-order valence-electron chi connectivity index (χ2n) is 9.48. The number of halogens is 1. The van der Waals surface area contributed by atoms with Crippen molar-refractivity contribution in [2.45, 2.75) is 58.3 Å². The molecule has 2 aromatic carbocycles. The van der Waals surface area contributed by atoms with Gasteiger partial charge in [-0.3, -0.25) is 9.69 Å². The minimum Gasteiger partial charge on any atom is -0.455 e. The Labute approximate surface area is 207 Å². The Bertz CT molecular complexity index is 1070. The quantitative estimate of drug-likeness (QED) is 0.365. The van der Waals surface area contributed by atoms with Gasteiger partial charge in [0.2, 0.25) is 0 Å². The van der Waals surface area contributed by atoms with Crippen LogP contribution in [0.15, 0.2) is 71.1 Å². The maximum Gasteiger partial charge on any atom is 0.286 e. The van der Waals surface area contributed by atoms with E-state index in [1.807, 2.05) is 30.3 Å². The number of rotatable bonds is 11. The average Bonchev–Trinajstić information content (AvgIpc) is 3.33. The first kappa shape index (κ1) is 25.1. The van der Waals surface area contributed by atoms with Gasteiger partial charge in [-0.1, -0.05) is 55.0 Å². The van der Waals surface area contributed by atoms with Gasteiger partial charge in [-0.25, -0.2) is 4.39 Å². The highest BCUT2D eigenvalue weighted by Crippen LogP contribution is 2.18. The molecule has 5 nitrogen and oxygen atoms in total. The highest BCUT2D eigenvalue weighted by atomic mass is 19.1. The summed E-state index contributed by atoms with van der Waals surface area (Å²) < 4.78 is 20.2. The molecular weight excluding hydrogens is 441 g/mol. The zero-order valence-corrected chi connectivity index (χ0v) is 20.6. The molecule has 0 bridgehead atoms. The van der Waals surface area contributed by atoms with Crippen molar-refractivity contribution < 1.29 is 13.6 Å². The molecule has 35 heavy (non-hydrogen) atoms. The number of piperidine rings is 1. The van der Waals surface area contributed by atoms with Crippen molar-refractivity contribution in [1.29, 1.82) is 0 Å². The number of amides is 1. The maximum atomic E-state index is 14.3. The summed E-state index contributed by atoms with van der Waals surface area (Å²) in [6.45, 7) is 6.65. The maximum absolute atomic E-state index is 14.3. The molecule has 1 aliphatic rings. The van der Waals surface area contributed by atoms with Crippen LogP contribution in [-0.4, -0.2) is 41.4 Å². The van der Waals surface area contributed by atoms with Crippen molar-refractivity contribution in [3.63, 3.8) is 0 Å². The van der Waals surface area contributed by atoms with Gasteiger partial charge in [0.15, 0.2) is 5.76 Å². The molecule has 1 fully saturated rings. The van der Waals surface area contributed by atoms with E-state index in [1.54, 1.807) is 18.2 Å². The summed E-state index contributed by atoms with van der Waals surface area (Å²) >= 11 is 0. The zero-order valence-electron chi connectivity index (χ0n) is 20.6. The van der Waals surface area contributed by atoms with Gasteiger partial charge in [0.1, 0.15) is 11.6 Å². The van der Waals surface area contributed by atoms with Crippen molar-refractivity contribution in [2.75, 3.05) is 19.6 Å². The molecule has 1 atom stereocenters. The van der Waals surface area contributed by atoms with E-state index in [0.717, 1.165) is 25.1 Å². The van der Waals surface area contributed by atoms with Gasteiger partial charge < -0.3 is 14.6 Å². The molecule has 0 radical (unpaired) electrons. The molecular formula is C29H36FN3O2. The summed E-state index contributed by atoms with van der Waals surface area (Å²) in [5.74, 6) is 0.595. The number of carbonyl (C=O) groups excluding carboxylic acids is 1. The standard InChI is InChI=1S/C29H36FN3O2/c1-23-10-7-8-18-33(23)19-9-17-31-29(34)28-16-15-26(35-28)22-32(20-24-11-3-2-4-12-24)21-25-13-5-6-14-27(25)30/h2-6,11-16,23H,7-10,17-22H2,1H3,(H,31,34). The van der Waals surface area contributed by atoms with Gasteiger partial charge in [-0.2, -0.15) is 0 Å². The van der Waals surface area contributed by atoms with Gasteiger partial charge >= 0.3 is 0 Å². The molecule has 1 aromatic heterocycles. The lowest BCUT2D eigenvalue weighted by molar-refractivity contribution is 0.0916. The molecule has 1 aliphatic heterocycles. The van der Waals surface area contributed by atoms with E-state index >= 15 is 0 Å². The van der Waals surface area contributed by atoms with Crippen LogP contribution < -0.4 is 5.32 Å². The predicted molar refractivity (Wildman–Crippen MR) is 136 cm³/mol. The van der Waals surface area contributed by atoms with Crippen molar-refractivity contribution in [1.82, 2.24) is 15.1 Å². The van der Waals surface area contributed by atoms with E-state index in [1.165, 1.54) is 25.3 Å². The molecule has 2 heterocycles. The Morgan fingerprint density at radius 3 is 2.63 bits per heavy atom. The van der Waals surface area contributed by atoms with Gasteiger partial charge in [-0.05, 0) is 56.5 Å². The fourth-order valence-electron chi connectivity index (χ4n) is 4.74. The predicted octanol–water partition coefficient (Wildman–Crippen LogP) is 5.62. The molecule has 1 unspecified atom stereocenters. The Hall–Kier alpha value is -2.96. The van der Waals surface area contributed by atoms with Crippen LogP contribution in [0.2, 0.25) is 0 Å². The summed E-state index contributed by atoms with van der Waals surface area (Å²) in [6.07, 6.45) is 4.78. The third-order valence-corrected chi connectivity index (χ3v) is 6.71. The van der Waals surface area contributed by atoms with Gasteiger partial charge in [0.05, 0.1) is 6.54 Å². The van der Waals surface area contributed by atoms with Crippen LogP contribution in [0.1, 0.15) is 60.0 Å². The van der Waals surface area contributed by atoms with E-state index < -0.39 is 0 Å². The molecule has 4 rings (SSSR count). The number of likely N-dealkylation sites (tertiary alicyclic amines) is 1. The molecule has 186 valence electrons. The number of nitrogens with one attached hydrogen (secondary N) is 1. The van der Waals surface area contributed by atoms with Crippen LogP contribution in [0, 0.1) is 5.82 Å². The summed E-state index contributed by atoms with van der Waals surface area (Å²) in [5, 5.41) is 2.98. The zero-order chi connectivity index (χ0) is 24.5. The fourth-order valence-corrected chi connectivity index (χ4v) is 4.74. The number of carbonyl (C=O) groups is 1. The second kappa shape index (κ2) is 12.7. The first-order valence-electron chi connectivity index (χ1n) is 12.7. The van der Waals surface area contributed by atoms with Crippen LogP contribution in [0.3, 0.4) is 0 Å². The van der Waals surface area contributed by atoms with E-state index in [9.17, 15) is 9.18 Å². The molecule has 1 amide bonds. The lowest BCUT2D eigenvalue weighted by Crippen LogP contribution is -2.39. The summed E-state index contributed by atoms with van der Waals surface area (Å²) in [6, 6.07) is 21.1. The Morgan fingerprint density at radius 2 is 1.83 bits per heavy atom. The molecule has 1 saturated heterocycles. The highest BCUT2D eigenvalue weighted by molar-refractivity contribution is 5.91. The van der Waals surface area contributed by atoms with Crippen molar-refractivity contribution in [3.8, 4) is 0 Å². The van der Waals surface area contributed by atoms with Gasteiger partial charge in [-0.15, -0.1) is 0 Å².